The Morgan fingerprint density at radius 1 is 1.14 bits per heavy atom. The molecule has 36 heavy (non-hydrogen) atoms. The van der Waals surface area contributed by atoms with Gasteiger partial charge in [-0.05, 0) is 49.7 Å². The van der Waals surface area contributed by atoms with Crippen molar-refractivity contribution in [3.63, 3.8) is 0 Å². The van der Waals surface area contributed by atoms with Crippen LogP contribution in [0.4, 0.5) is 18.9 Å². The van der Waals surface area contributed by atoms with Crippen molar-refractivity contribution in [3.8, 4) is 5.75 Å². The van der Waals surface area contributed by atoms with Crippen LogP contribution < -0.4 is 10.9 Å². The molecule has 186 valence electrons. The number of benzene rings is 2. The molecular formula is C24H17Cl2F3N4O3. The third kappa shape index (κ3) is 4.74. The summed E-state index contributed by atoms with van der Waals surface area (Å²) < 4.78 is 41.5. The van der Waals surface area contributed by atoms with E-state index in [-0.39, 0.29) is 49.5 Å². The van der Waals surface area contributed by atoms with Crippen LogP contribution in [0.5, 0.6) is 5.75 Å². The quantitative estimate of drug-likeness (QED) is 0.346. The van der Waals surface area contributed by atoms with Crippen LogP contribution in [0.3, 0.4) is 0 Å². The number of carbonyl (C=O) groups is 1. The van der Waals surface area contributed by atoms with Crippen molar-refractivity contribution in [1.82, 2.24) is 14.5 Å². The van der Waals surface area contributed by atoms with Gasteiger partial charge in [-0.3, -0.25) is 19.1 Å². The fourth-order valence-electron chi connectivity index (χ4n) is 3.71. The van der Waals surface area contributed by atoms with E-state index in [1.807, 2.05) is 0 Å². The van der Waals surface area contributed by atoms with Crippen molar-refractivity contribution in [2.75, 3.05) is 5.32 Å². The molecular weight excluding hydrogens is 520 g/mol. The summed E-state index contributed by atoms with van der Waals surface area (Å²) in [5.74, 6) is -0.888. The first-order valence-electron chi connectivity index (χ1n) is 10.4. The maximum absolute atomic E-state index is 13.5. The summed E-state index contributed by atoms with van der Waals surface area (Å²) in [7, 11) is 0. The fourth-order valence-corrected chi connectivity index (χ4v) is 4.20. The Bertz CT molecular complexity index is 1560. The molecule has 2 aromatic heterocycles. The van der Waals surface area contributed by atoms with Gasteiger partial charge >= 0.3 is 6.18 Å². The van der Waals surface area contributed by atoms with Crippen molar-refractivity contribution < 1.29 is 23.1 Å². The number of alkyl halides is 3. The number of aromatic nitrogens is 3. The molecule has 0 aliphatic heterocycles. The number of hydrogen-bond donors (Lipinski definition) is 2. The van der Waals surface area contributed by atoms with E-state index in [9.17, 15) is 27.9 Å². The molecule has 0 spiro atoms. The molecule has 0 fully saturated rings. The van der Waals surface area contributed by atoms with Gasteiger partial charge in [0.15, 0.2) is 5.75 Å². The predicted octanol–water partition coefficient (Wildman–Crippen LogP) is 5.74. The maximum Gasteiger partial charge on any atom is 0.418 e. The number of aryl methyl sites for hydroxylation is 2. The van der Waals surface area contributed by atoms with E-state index in [4.69, 9.17) is 23.2 Å². The maximum atomic E-state index is 13.5. The normalized spacial score (nSPS) is 11.6. The van der Waals surface area contributed by atoms with Crippen LogP contribution in [0.2, 0.25) is 10.0 Å². The molecule has 7 nitrogen and oxygen atoms in total. The number of phenolic OH excluding ortho intramolecular Hbond substituents is 1. The second-order valence-corrected chi connectivity index (χ2v) is 8.76. The van der Waals surface area contributed by atoms with Crippen molar-refractivity contribution >= 4 is 45.7 Å². The minimum Gasteiger partial charge on any atom is -0.505 e. The van der Waals surface area contributed by atoms with E-state index >= 15 is 0 Å². The van der Waals surface area contributed by atoms with E-state index in [1.54, 1.807) is 13.0 Å². The fraction of sp³-hybridized carbons (Fsp3) is 0.167. The molecule has 0 unspecified atom stereocenters. The summed E-state index contributed by atoms with van der Waals surface area (Å²) in [6.45, 7) is 2.74. The van der Waals surface area contributed by atoms with E-state index < -0.39 is 29.8 Å². The van der Waals surface area contributed by atoms with Gasteiger partial charge < -0.3 is 10.4 Å². The summed E-state index contributed by atoms with van der Waals surface area (Å²) in [5.41, 5.74) is -0.954. The third-order valence-corrected chi connectivity index (χ3v) is 6.11. The number of halogens is 5. The number of hydrogen-bond acceptors (Lipinski definition) is 5. The zero-order chi connectivity index (χ0) is 26.4. The van der Waals surface area contributed by atoms with Crippen molar-refractivity contribution in [2.24, 2.45) is 0 Å². The molecule has 2 heterocycles. The van der Waals surface area contributed by atoms with Gasteiger partial charge in [-0.2, -0.15) is 13.2 Å². The van der Waals surface area contributed by atoms with Gasteiger partial charge in [0, 0.05) is 11.8 Å². The van der Waals surface area contributed by atoms with E-state index in [0.717, 1.165) is 10.6 Å². The number of nitrogens with zero attached hydrogens (tertiary/aromatic N) is 3. The summed E-state index contributed by atoms with van der Waals surface area (Å²) in [6.07, 6.45) is -3.45. The Morgan fingerprint density at radius 2 is 1.81 bits per heavy atom. The lowest BCUT2D eigenvalue weighted by atomic mass is 10.1. The number of nitrogens with one attached hydrogen (secondary N) is 1. The minimum atomic E-state index is -4.66. The van der Waals surface area contributed by atoms with Crippen molar-refractivity contribution in [1.29, 1.82) is 0 Å². The Kier molecular flexibility index (Phi) is 6.68. The van der Waals surface area contributed by atoms with Gasteiger partial charge in [-0.1, -0.05) is 29.3 Å². The molecule has 1 amide bonds. The van der Waals surface area contributed by atoms with E-state index in [1.165, 1.54) is 37.4 Å². The summed E-state index contributed by atoms with van der Waals surface area (Å²) in [4.78, 5) is 34.7. The summed E-state index contributed by atoms with van der Waals surface area (Å²) in [6, 6.07) is 7.60. The lowest BCUT2D eigenvalue weighted by Gasteiger charge is -2.17. The molecule has 4 rings (SSSR count). The van der Waals surface area contributed by atoms with Crippen LogP contribution in [-0.4, -0.2) is 25.5 Å². The lowest BCUT2D eigenvalue weighted by molar-refractivity contribution is -0.138. The molecule has 4 aromatic rings. The first-order chi connectivity index (χ1) is 16.9. The average Bonchev–Trinajstić information content (AvgIpc) is 2.81. The Balaban J connectivity index is 1.83. The van der Waals surface area contributed by atoms with Crippen LogP contribution in [0.25, 0.3) is 10.9 Å². The van der Waals surface area contributed by atoms with Gasteiger partial charge in [0.05, 0.1) is 44.4 Å². The van der Waals surface area contributed by atoms with Crippen LogP contribution in [0.15, 0.2) is 47.4 Å². The molecule has 2 N–H and O–H groups in total. The largest absolute Gasteiger partial charge is 0.505 e. The number of phenols is 1. The summed E-state index contributed by atoms with van der Waals surface area (Å²) in [5, 5.41) is 12.1. The van der Waals surface area contributed by atoms with Crippen LogP contribution in [0, 0.1) is 13.8 Å². The third-order valence-electron chi connectivity index (χ3n) is 5.53. The lowest BCUT2D eigenvalue weighted by Crippen LogP contribution is -2.27. The Morgan fingerprint density at radius 3 is 2.44 bits per heavy atom. The molecule has 0 saturated carbocycles. The molecule has 12 heteroatoms. The van der Waals surface area contributed by atoms with E-state index in [0.29, 0.717) is 5.56 Å². The van der Waals surface area contributed by atoms with Crippen LogP contribution in [-0.2, 0) is 12.7 Å². The zero-order valence-corrected chi connectivity index (χ0v) is 20.3. The highest BCUT2D eigenvalue weighted by Crippen LogP contribution is 2.34. The van der Waals surface area contributed by atoms with Gasteiger partial charge in [0.2, 0.25) is 0 Å². The monoisotopic (exact) mass is 536 g/mol. The number of rotatable bonds is 4. The first kappa shape index (κ1) is 25.5. The highest BCUT2D eigenvalue weighted by Gasteiger charge is 2.34. The SMILES string of the molecule is Cc1ccc(NC(=O)c2cc(Cl)c(O)c(Cl)c2)c2c(=O)n(Cc3ncccc3C(F)(F)F)c(C)nc12. The van der Waals surface area contributed by atoms with Crippen LogP contribution >= 0.6 is 23.2 Å². The molecule has 0 atom stereocenters. The van der Waals surface area contributed by atoms with Crippen molar-refractivity contribution in [2.45, 2.75) is 26.6 Å². The minimum absolute atomic E-state index is 0.00871. The molecule has 0 saturated heterocycles. The number of carbonyl (C=O) groups excluding carboxylic acids is 1. The topological polar surface area (TPSA) is 97.1 Å². The highest BCUT2D eigenvalue weighted by molar-refractivity contribution is 6.37. The van der Waals surface area contributed by atoms with Gasteiger partial charge in [-0.25, -0.2) is 4.98 Å². The van der Waals surface area contributed by atoms with Crippen LogP contribution in [0.1, 0.15) is 33.0 Å². The average molecular weight is 537 g/mol. The predicted molar refractivity (Wildman–Crippen MR) is 130 cm³/mol. The van der Waals surface area contributed by atoms with E-state index in [2.05, 4.69) is 15.3 Å². The highest BCUT2D eigenvalue weighted by atomic mass is 35.5. The zero-order valence-electron chi connectivity index (χ0n) is 18.7. The summed E-state index contributed by atoms with van der Waals surface area (Å²) >= 11 is 11.8. The molecule has 0 bridgehead atoms. The number of fused-ring (bicyclic) bond motifs is 1. The second kappa shape index (κ2) is 9.44. The smallest absolute Gasteiger partial charge is 0.418 e. The number of anilines is 1. The molecule has 0 aliphatic rings. The number of aromatic hydroxyl groups is 1. The number of amides is 1. The van der Waals surface area contributed by atoms with Gasteiger partial charge in [0.1, 0.15) is 5.82 Å². The standard InChI is InChI=1S/C24H17Cl2F3N4O3/c1-11-5-6-17(32-22(35)13-8-15(25)21(34)16(26)9-13)19-20(11)31-12(2)33(23(19)36)10-18-14(24(27,28)29)4-3-7-30-18/h3-9,34H,10H2,1-2H3,(H,32,35). The first-order valence-corrected chi connectivity index (χ1v) is 11.1. The number of pyridine rings is 1. The van der Waals surface area contributed by atoms with Crippen molar-refractivity contribution in [3.05, 3.63) is 91.2 Å². The van der Waals surface area contributed by atoms with Gasteiger partial charge in [-0.15, -0.1) is 0 Å². The second-order valence-electron chi connectivity index (χ2n) is 7.94. The Hall–Kier alpha value is -3.63. The molecule has 2 aromatic carbocycles. The molecule has 0 aliphatic carbocycles. The Labute approximate surface area is 212 Å². The van der Waals surface area contributed by atoms with Gasteiger partial charge in [0.25, 0.3) is 11.5 Å². The molecule has 0 radical (unpaired) electrons.